The van der Waals surface area contributed by atoms with Gasteiger partial charge in [0.05, 0.1) is 16.1 Å². The Morgan fingerprint density at radius 3 is 2.22 bits per heavy atom. The van der Waals surface area contributed by atoms with Crippen molar-refractivity contribution in [3.63, 3.8) is 0 Å². The van der Waals surface area contributed by atoms with Crippen LogP contribution in [0.15, 0.2) is 0 Å². The lowest BCUT2D eigenvalue weighted by atomic mass is 10.7. The zero-order chi connectivity index (χ0) is 7.02. The Hall–Kier alpha value is -0.100. The van der Waals surface area contributed by atoms with E-state index in [0.29, 0.717) is 0 Å². The Labute approximate surface area is 67.6 Å². The summed E-state index contributed by atoms with van der Waals surface area (Å²) in [6.07, 6.45) is 0. The van der Waals surface area contributed by atoms with Gasteiger partial charge in [0.15, 0.2) is 0 Å². The zero-order valence-electron chi connectivity index (χ0n) is 4.01. The van der Waals surface area contributed by atoms with Crippen LogP contribution in [0, 0.1) is 0 Å². The van der Waals surface area contributed by atoms with Crippen molar-refractivity contribution < 1.29 is 14.3 Å². The van der Waals surface area contributed by atoms with E-state index in [0.717, 1.165) is 3.93 Å². The molecule has 4 nitrogen and oxygen atoms in total. The quantitative estimate of drug-likeness (QED) is 0.207. The van der Waals surface area contributed by atoms with E-state index in [1.165, 1.54) is 0 Å². The molecule has 1 amide bonds. The fourth-order valence-corrected chi connectivity index (χ4v) is 0.948. The molecular weight excluding hydrogens is 258 g/mol. The summed E-state index contributed by atoms with van der Waals surface area (Å²) in [5, 5.41) is -0.669. The second-order valence-corrected chi connectivity index (χ2v) is 2.86. The number of esters is 1. The van der Waals surface area contributed by atoms with Crippen molar-refractivity contribution in [2.75, 3.05) is 0 Å². The van der Waals surface area contributed by atoms with E-state index in [1.54, 1.807) is 0 Å². The van der Waals surface area contributed by atoms with Crippen molar-refractivity contribution in [3.05, 3.63) is 0 Å². The molecule has 0 radical (unpaired) electrons. The zero-order valence-corrected chi connectivity index (χ0v) is 7.18. The van der Waals surface area contributed by atoms with Crippen molar-refractivity contribution in [2.24, 2.45) is 0 Å². The first-order valence-corrected chi connectivity index (χ1v) is 3.59. The van der Waals surface area contributed by atoms with Crippen LogP contribution in [0.3, 0.4) is 0 Å². The van der Waals surface area contributed by atoms with Crippen molar-refractivity contribution in [3.8, 4) is 0 Å². The molecule has 0 N–H and O–H groups in total. The summed E-state index contributed by atoms with van der Waals surface area (Å²) in [6, 6.07) is 0. The molecule has 0 bridgehead atoms. The molecule has 6 heteroatoms. The molecule has 0 aromatic heterocycles. The number of nitrogens with zero attached hydrogens (tertiary/aromatic N) is 1. The minimum atomic E-state index is -0.853. The van der Waals surface area contributed by atoms with Crippen molar-refractivity contribution in [1.29, 1.82) is 0 Å². The number of cyclic esters (lactones) is 1. The van der Waals surface area contributed by atoms with Crippen molar-refractivity contribution >= 4 is 44.0 Å². The standard InChI is InChI=1S/C3HBr2NO3/c4-3-6(5)1(7)2(8)9-3/h3H. The van der Waals surface area contributed by atoms with Gasteiger partial charge < -0.3 is 4.74 Å². The number of alkyl halides is 1. The number of rotatable bonds is 0. The summed E-state index contributed by atoms with van der Waals surface area (Å²) in [4.78, 5) is 20.8. The maximum atomic E-state index is 10.5. The molecule has 1 heterocycles. The number of carbonyl (C=O) groups is 2. The third-order valence-corrected chi connectivity index (χ3v) is 2.59. The molecule has 0 saturated carbocycles. The highest BCUT2D eigenvalue weighted by Gasteiger charge is 2.37. The number of hydrogen-bond acceptors (Lipinski definition) is 3. The monoisotopic (exact) mass is 257 g/mol. The highest BCUT2D eigenvalue weighted by atomic mass is 79.9. The molecule has 0 aromatic carbocycles. The molecule has 1 saturated heterocycles. The lowest BCUT2D eigenvalue weighted by molar-refractivity contribution is -0.147. The number of hydrogen-bond donors (Lipinski definition) is 0. The first kappa shape index (κ1) is 7.01. The van der Waals surface area contributed by atoms with Gasteiger partial charge in [0.25, 0.3) is 0 Å². The maximum absolute atomic E-state index is 10.5. The van der Waals surface area contributed by atoms with Crippen LogP contribution in [-0.2, 0) is 14.3 Å². The topological polar surface area (TPSA) is 46.6 Å². The van der Waals surface area contributed by atoms with Gasteiger partial charge in [-0.15, -0.1) is 0 Å². The molecule has 1 atom stereocenters. The minimum absolute atomic E-state index is 0.669. The van der Waals surface area contributed by atoms with Crippen molar-refractivity contribution in [1.82, 2.24) is 3.93 Å². The third-order valence-electron chi connectivity index (χ3n) is 0.751. The van der Waals surface area contributed by atoms with Gasteiger partial charge in [0, 0.05) is 0 Å². The van der Waals surface area contributed by atoms with Crippen LogP contribution in [0.25, 0.3) is 0 Å². The second-order valence-electron chi connectivity index (χ2n) is 1.31. The SMILES string of the molecule is O=C1OC(Br)N(Br)C1=O. The number of carbonyl (C=O) groups excluding carboxylic acids is 2. The highest BCUT2D eigenvalue weighted by Crippen LogP contribution is 2.20. The van der Waals surface area contributed by atoms with Gasteiger partial charge in [-0.25, -0.2) is 8.72 Å². The second kappa shape index (κ2) is 2.26. The predicted octanol–water partition coefficient (Wildman–Crippen LogP) is 0.360. The lowest BCUT2D eigenvalue weighted by Crippen LogP contribution is -2.19. The molecule has 1 fully saturated rings. The van der Waals surface area contributed by atoms with Crippen LogP contribution in [0.1, 0.15) is 0 Å². The van der Waals surface area contributed by atoms with Gasteiger partial charge in [0.1, 0.15) is 0 Å². The van der Waals surface area contributed by atoms with E-state index in [-0.39, 0.29) is 0 Å². The summed E-state index contributed by atoms with van der Waals surface area (Å²) in [6.45, 7) is 0. The largest absolute Gasteiger partial charge is 0.423 e. The molecule has 9 heavy (non-hydrogen) atoms. The average molecular weight is 259 g/mol. The van der Waals surface area contributed by atoms with Crippen LogP contribution in [0.2, 0.25) is 0 Å². The number of ether oxygens (including phenoxy) is 1. The smallest absolute Gasteiger partial charge is 0.400 e. The Balaban J connectivity index is 2.77. The lowest BCUT2D eigenvalue weighted by Gasteiger charge is -2.04. The number of amides is 1. The van der Waals surface area contributed by atoms with E-state index < -0.39 is 17.0 Å². The summed E-state index contributed by atoms with van der Waals surface area (Å²) in [5.41, 5.74) is 0. The summed E-state index contributed by atoms with van der Waals surface area (Å²) in [5.74, 6) is -1.55. The molecule has 50 valence electrons. The van der Waals surface area contributed by atoms with Crippen LogP contribution < -0.4 is 0 Å². The van der Waals surface area contributed by atoms with Gasteiger partial charge in [-0.05, 0) is 15.9 Å². The molecule has 0 aliphatic carbocycles. The van der Waals surface area contributed by atoms with E-state index in [2.05, 4.69) is 36.8 Å². The first-order valence-electron chi connectivity index (χ1n) is 1.97. The Morgan fingerprint density at radius 1 is 1.56 bits per heavy atom. The Bertz CT molecular complexity index is 170. The average Bonchev–Trinajstić information content (AvgIpc) is 1.98. The maximum Gasteiger partial charge on any atom is 0.400 e. The minimum Gasteiger partial charge on any atom is -0.423 e. The van der Waals surface area contributed by atoms with E-state index in [4.69, 9.17) is 0 Å². The third kappa shape index (κ3) is 1.09. The summed E-state index contributed by atoms with van der Waals surface area (Å²) >= 11 is 5.70. The molecular formula is C3HBr2NO3. The molecule has 1 aliphatic heterocycles. The van der Waals surface area contributed by atoms with Crippen LogP contribution >= 0.6 is 32.1 Å². The van der Waals surface area contributed by atoms with E-state index in [1.807, 2.05) is 0 Å². The van der Waals surface area contributed by atoms with Gasteiger partial charge in [-0.2, -0.15) is 0 Å². The predicted molar refractivity (Wildman–Crippen MR) is 34.6 cm³/mol. The molecule has 0 spiro atoms. The first-order chi connectivity index (χ1) is 4.13. The van der Waals surface area contributed by atoms with Crippen molar-refractivity contribution in [2.45, 2.75) is 5.14 Å². The summed E-state index contributed by atoms with van der Waals surface area (Å²) in [7, 11) is 0. The van der Waals surface area contributed by atoms with Crippen LogP contribution in [-0.4, -0.2) is 20.9 Å². The van der Waals surface area contributed by atoms with E-state index >= 15 is 0 Å². The summed E-state index contributed by atoms with van der Waals surface area (Å²) < 4.78 is 5.37. The molecule has 1 rings (SSSR count). The molecule has 0 aromatic rings. The normalized spacial score (nSPS) is 26.9. The van der Waals surface area contributed by atoms with Gasteiger partial charge in [-0.1, -0.05) is 0 Å². The van der Waals surface area contributed by atoms with Gasteiger partial charge >= 0.3 is 11.9 Å². The Morgan fingerprint density at radius 2 is 2.11 bits per heavy atom. The molecule has 1 aliphatic rings. The molecule has 1 unspecified atom stereocenters. The van der Waals surface area contributed by atoms with Crippen LogP contribution in [0.4, 0.5) is 0 Å². The fraction of sp³-hybridized carbons (Fsp3) is 0.333. The number of halogens is 2. The Kier molecular flexibility index (Phi) is 1.76. The fourth-order valence-electron chi connectivity index (χ4n) is 0.364. The van der Waals surface area contributed by atoms with Gasteiger partial charge in [0.2, 0.25) is 5.14 Å². The van der Waals surface area contributed by atoms with E-state index in [9.17, 15) is 9.59 Å². The highest BCUT2D eigenvalue weighted by molar-refractivity contribution is 9.11. The van der Waals surface area contributed by atoms with Crippen LogP contribution in [0.5, 0.6) is 0 Å². The van der Waals surface area contributed by atoms with Gasteiger partial charge in [-0.3, -0.25) is 4.79 Å².